The number of hydrogen-bond acceptors (Lipinski definition) is 8. The topological polar surface area (TPSA) is 117 Å². The van der Waals surface area contributed by atoms with Crippen molar-refractivity contribution in [3.8, 4) is 0 Å². The summed E-state index contributed by atoms with van der Waals surface area (Å²) >= 11 is 0. The van der Waals surface area contributed by atoms with Crippen molar-refractivity contribution in [2.75, 3.05) is 50.5 Å². The minimum atomic E-state index is -0.186. The van der Waals surface area contributed by atoms with Crippen LogP contribution in [-0.2, 0) is 4.79 Å². The average Bonchev–Trinajstić information content (AvgIpc) is 3.72. The zero-order chi connectivity index (χ0) is 30.6. The molecule has 6 rings (SSSR count). The molecule has 1 saturated heterocycles. The van der Waals surface area contributed by atoms with Gasteiger partial charge < -0.3 is 24.6 Å². The number of carbonyl (C=O) groups excluding carboxylic acids is 3. The van der Waals surface area contributed by atoms with E-state index in [-0.39, 0.29) is 23.6 Å². The minimum Gasteiger partial charge on any atom is -0.367 e. The van der Waals surface area contributed by atoms with Crippen molar-refractivity contribution in [3.05, 3.63) is 84.3 Å². The molecule has 11 heteroatoms. The second kappa shape index (κ2) is 12.7. The maximum atomic E-state index is 13.0. The maximum Gasteiger partial charge on any atom is 0.270 e. The molecule has 11 nitrogen and oxygen atoms in total. The number of carbonyl (C=O) groups is 3. The summed E-state index contributed by atoms with van der Waals surface area (Å²) in [6, 6.07) is 14.9. The Balaban J connectivity index is 1.09. The molecule has 2 aliphatic rings. The number of ketones is 1. The predicted molar refractivity (Wildman–Crippen MR) is 169 cm³/mol. The highest BCUT2D eigenvalue weighted by molar-refractivity contribution is 6.07. The summed E-state index contributed by atoms with van der Waals surface area (Å²) in [6.45, 7) is 2.42. The van der Waals surface area contributed by atoms with Crippen LogP contribution in [0.15, 0.2) is 73.1 Å². The molecule has 2 amide bonds. The van der Waals surface area contributed by atoms with Gasteiger partial charge in [-0.25, -0.2) is 9.97 Å². The summed E-state index contributed by atoms with van der Waals surface area (Å²) in [4.78, 5) is 57.3. The fourth-order valence-corrected chi connectivity index (χ4v) is 5.89. The molecular formula is C33H36N8O3. The molecule has 0 bridgehead atoms. The van der Waals surface area contributed by atoms with E-state index in [1.807, 2.05) is 24.3 Å². The number of allylic oxidation sites excluding steroid dienone is 1. The van der Waals surface area contributed by atoms with Gasteiger partial charge in [0, 0.05) is 69.5 Å². The second-order valence-corrected chi connectivity index (χ2v) is 11.4. The highest BCUT2D eigenvalue weighted by Gasteiger charge is 2.26. The van der Waals surface area contributed by atoms with Crippen LogP contribution in [0.4, 0.5) is 17.5 Å². The normalized spacial score (nSPS) is 15.7. The summed E-state index contributed by atoms with van der Waals surface area (Å²) in [5.74, 6) is 0.639. The first-order chi connectivity index (χ1) is 21.4. The van der Waals surface area contributed by atoms with Crippen LogP contribution in [0.3, 0.4) is 0 Å². The third-order valence-corrected chi connectivity index (χ3v) is 8.27. The average molecular weight is 593 g/mol. The van der Waals surface area contributed by atoms with E-state index in [0.29, 0.717) is 49.2 Å². The van der Waals surface area contributed by atoms with Gasteiger partial charge in [0.1, 0.15) is 17.2 Å². The molecule has 4 aromatic rings. The first-order valence-corrected chi connectivity index (χ1v) is 15.0. The number of piperazine rings is 1. The monoisotopic (exact) mass is 592 g/mol. The SMILES string of the molecule is CN(C)C(=O)c1cc2cnc(Nc3ccc(N4CCN(C(=O)/C=C/C(=O)c5ccccc5)CC4)cn3)nc2n1C1CCCC1. The van der Waals surface area contributed by atoms with Crippen molar-refractivity contribution in [3.63, 3.8) is 0 Å². The third kappa shape index (κ3) is 6.17. The van der Waals surface area contributed by atoms with Gasteiger partial charge in [-0.1, -0.05) is 43.2 Å². The first-order valence-electron chi connectivity index (χ1n) is 15.0. The zero-order valence-corrected chi connectivity index (χ0v) is 25.0. The van der Waals surface area contributed by atoms with Gasteiger partial charge in [-0.2, -0.15) is 4.98 Å². The molecule has 4 heterocycles. The van der Waals surface area contributed by atoms with Crippen LogP contribution in [-0.4, -0.2) is 87.2 Å². The smallest absolute Gasteiger partial charge is 0.270 e. The minimum absolute atomic E-state index is 0.0403. The number of nitrogens with zero attached hydrogens (tertiary/aromatic N) is 7. The highest BCUT2D eigenvalue weighted by Crippen LogP contribution is 2.35. The summed E-state index contributed by atoms with van der Waals surface area (Å²) < 4.78 is 2.09. The molecule has 0 atom stereocenters. The third-order valence-electron chi connectivity index (χ3n) is 8.27. The summed E-state index contributed by atoms with van der Waals surface area (Å²) in [7, 11) is 3.53. The number of anilines is 3. The van der Waals surface area contributed by atoms with Gasteiger partial charge in [0.15, 0.2) is 5.78 Å². The molecule has 1 aliphatic heterocycles. The number of hydrogen-bond donors (Lipinski definition) is 1. The van der Waals surface area contributed by atoms with Crippen LogP contribution in [0, 0.1) is 0 Å². The van der Waals surface area contributed by atoms with Crippen LogP contribution in [0.25, 0.3) is 11.0 Å². The van der Waals surface area contributed by atoms with Crippen molar-refractivity contribution in [2.45, 2.75) is 31.7 Å². The summed E-state index contributed by atoms with van der Waals surface area (Å²) in [5, 5.41) is 4.05. The van der Waals surface area contributed by atoms with Gasteiger partial charge >= 0.3 is 0 Å². The summed E-state index contributed by atoms with van der Waals surface area (Å²) in [6.07, 6.45) is 10.6. The van der Waals surface area contributed by atoms with Gasteiger partial charge in [0.05, 0.1) is 11.9 Å². The van der Waals surface area contributed by atoms with Crippen molar-refractivity contribution >= 4 is 46.1 Å². The molecule has 0 radical (unpaired) electrons. The molecule has 1 saturated carbocycles. The van der Waals surface area contributed by atoms with Gasteiger partial charge in [-0.05, 0) is 37.1 Å². The van der Waals surface area contributed by atoms with Crippen molar-refractivity contribution < 1.29 is 14.4 Å². The molecule has 1 N–H and O–H groups in total. The van der Waals surface area contributed by atoms with E-state index in [0.717, 1.165) is 42.4 Å². The lowest BCUT2D eigenvalue weighted by Crippen LogP contribution is -2.48. The Morgan fingerprint density at radius 2 is 1.66 bits per heavy atom. The van der Waals surface area contributed by atoms with E-state index >= 15 is 0 Å². The van der Waals surface area contributed by atoms with E-state index in [2.05, 4.69) is 24.8 Å². The molecule has 0 spiro atoms. The molecule has 0 unspecified atom stereocenters. The van der Waals surface area contributed by atoms with Gasteiger partial charge in [-0.15, -0.1) is 0 Å². The molecule has 44 heavy (non-hydrogen) atoms. The quantitative estimate of drug-likeness (QED) is 0.235. The van der Waals surface area contributed by atoms with Crippen LogP contribution >= 0.6 is 0 Å². The maximum absolute atomic E-state index is 13.0. The number of aromatic nitrogens is 4. The largest absolute Gasteiger partial charge is 0.367 e. The Hall–Kier alpha value is -5.06. The fraction of sp³-hybridized carbons (Fsp3) is 0.333. The van der Waals surface area contributed by atoms with E-state index in [1.54, 1.807) is 60.6 Å². The number of rotatable bonds is 8. The second-order valence-electron chi connectivity index (χ2n) is 11.4. The van der Waals surface area contributed by atoms with E-state index in [9.17, 15) is 14.4 Å². The van der Waals surface area contributed by atoms with Gasteiger partial charge in [0.2, 0.25) is 11.9 Å². The highest BCUT2D eigenvalue weighted by atomic mass is 16.2. The lowest BCUT2D eigenvalue weighted by Gasteiger charge is -2.35. The van der Waals surface area contributed by atoms with Crippen LogP contribution in [0.5, 0.6) is 0 Å². The first kappa shape index (κ1) is 29.0. The lowest BCUT2D eigenvalue weighted by atomic mass is 10.1. The standard InChI is InChI=1S/C33H36N8O3/c1-38(2)32(44)27-20-24-21-35-33(37-31(24)41(27)25-10-6-7-11-25)36-29-14-12-26(22-34-29)39-16-18-40(19-17-39)30(43)15-13-28(42)23-8-4-3-5-9-23/h3-5,8-9,12-15,20-22,25H,6-7,10-11,16-19H2,1-2H3,(H,34,35,36,37)/b15-13+. The van der Waals surface area contributed by atoms with Crippen LogP contribution < -0.4 is 10.2 Å². The van der Waals surface area contributed by atoms with Crippen LogP contribution in [0.1, 0.15) is 52.6 Å². The molecule has 3 aromatic heterocycles. The Morgan fingerprint density at radius 1 is 0.909 bits per heavy atom. The number of benzene rings is 1. The van der Waals surface area contributed by atoms with Gasteiger partial charge in [-0.3, -0.25) is 14.4 Å². The molecule has 1 aliphatic carbocycles. The van der Waals surface area contributed by atoms with Gasteiger partial charge in [0.25, 0.3) is 5.91 Å². The molecule has 2 fully saturated rings. The number of nitrogens with one attached hydrogen (secondary N) is 1. The van der Waals surface area contributed by atoms with E-state index in [1.165, 1.54) is 12.2 Å². The zero-order valence-electron chi connectivity index (χ0n) is 25.0. The van der Waals surface area contributed by atoms with E-state index in [4.69, 9.17) is 4.98 Å². The van der Waals surface area contributed by atoms with Crippen molar-refractivity contribution in [2.24, 2.45) is 0 Å². The molecule has 1 aromatic carbocycles. The number of amides is 2. The fourth-order valence-electron chi connectivity index (χ4n) is 5.89. The number of fused-ring (bicyclic) bond motifs is 1. The van der Waals surface area contributed by atoms with Crippen molar-refractivity contribution in [1.29, 1.82) is 0 Å². The Bertz CT molecular complexity index is 1680. The Morgan fingerprint density at radius 3 is 2.34 bits per heavy atom. The number of pyridine rings is 1. The lowest BCUT2D eigenvalue weighted by molar-refractivity contribution is -0.126. The van der Waals surface area contributed by atoms with Crippen molar-refractivity contribution in [1.82, 2.24) is 29.3 Å². The van der Waals surface area contributed by atoms with E-state index < -0.39 is 0 Å². The molecular weight excluding hydrogens is 556 g/mol. The Kier molecular flexibility index (Phi) is 8.36. The Labute approximate surface area is 256 Å². The molecule has 226 valence electrons. The summed E-state index contributed by atoms with van der Waals surface area (Å²) in [5.41, 5.74) is 2.91. The van der Waals surface area contributed by atoms with Crippen LogP contribution in [0.2, 0.25) is 0 Å². The predicted octanol–water partition coefficient (Wildman–Crippen LogP) is 4.47.